The molecule has 0 radical (unpaired) electrons. The molecule has 3 rings (SSSR count). The highest BCUT2D eigenvalue weighted by atomic mass is 19.4. The van der Waals surface area contributed by atoms with Gasteiger partial charge < -0.3 is 4.90 Å². The molecule has 1 aliphatic heterocycles. The molecule has 1 saturated heterocycles. The lowest BCUT2D eigenvalue weighted by Crippen LogP contribution is -2.30. The SMILES string of the molecule is O=C(c1ccccc1C(F)(F)F)N1CCC(Cc2cccnc2)C1. The summed E-state index contributed by atoms with van der Waals surface area (Å²) in [6.07, 6.45) is 0.514. The van der Waals surface area contributed by atoms with Gasteiger partial charge in [-0.1, -0.05) is 18.2 Å². The first-order valence-corrected chi connectivity index (χ1v) is 7.79. The zero-order chi connectivity index (χ0) is 17.2. The molecule has 1 aromatic heterocycles. The fraction of sp³-hybridized carbons (Fsp3) is 0.333. The molecule has 2 aromatic rings. The zero-order valence-electron chi connectivity index (χ0n) is 13.0. The van der Waals surface area contributed by atoms with Gasteiger partial charge in [-0.3, -0.25) is 9.78 Å². The number of alkyl halides is 3. The third-order valence-electron chi connectivity index (χ3n) is 4.28. The van der Waals surface area contributed by atoms with Crippen LogP contribution in [0.4, 0.5) is 13.2 Å². The fourth-order valence-corrected chi connectivity index (χ4v) is 3.12. The van der Waals surface area contributed by atoms with Crippen molar-refractivity contribution in [2.45, 2.75) is 19.0 Å². The van der Waals surface area contributed by atoms with Gasteiger partial charge in [0.2, 0.25) is 0 Å². The molecule has 1 atom stereocenters. The molecule has 1 fully saturated rings. The first-order valence-electron chi connectivity index (χ1n) is 7.79. The normalized spacial score (nSPS) is 18.0. The Morgan fingerprint density at radius 1 is 1.21 bits per heavy atom. The second kappa shape index (κ2) is 6.63. The minimum Gasteiger partial charge on any atom is -0.338 e. The molecule has 0 saturated carbocycles. The van der Waals surface area contributed by atoms with Crippen LogP contribution in [0.1, 0.15) is 27.9 Å². The molecule has 2 heterocycles. The third kappa shape index (κ3) is 3.58. The van der Waals surface area contributed by atoms with E-state index in [9.17, 15) is 18.0 Å². The average Bonchev–Trinajstić information content (AvgIpc) is 3.03. The monoisotopic (exact) mass is 334 g/mol. The molecule has 0 bridgehead atoms. The van der Waals surface area contributed by atoms with Crippen LogP contribution < -0.4 is 0 Å². The first kappa shape index (κ1) is 16.5. The maximum Gasteiger partial charge on any atom is 0.417 e. The number of benzene rings is 1. The quantitative estimate of drug-likeness (QED) is 0.855. The number of carbonyl (C=O) groups is 1. The summed E-state index contributed by atoms with van der Waals surface area (Å²) in [6, 6.07) is 8.79. The predicted molar refractivity (Wildman–Crippen MR) is 83.4 cm³/mol. The molecule has 1 unspecified atom stereocenters. The van der Waals surface area contributed by atoms with Crippen molar-refractivity contribution in [1.82, 2.24) is 9.88 Å². The summed E-state index contributed by atoms with van der Waals surface area (Å²) in [5, 5.41) is 0. The van der Waals surface area contributed by atoms with Crippen LogP contribution in [-0.2, 0) is 12.6 Å². The van der Waals surface area contributed by atoms with Crippen LogP contribution in [0.3, 0.4) is 0 Å². The second-order valence-corrected chi connectivity index (χ2v) is 6.01. The number of hydrogen-bond acceptors (Lipinski definition) is 2. The lowest BCUT2D eigenvalue weighted by Gasteiger charge is -2.19. The Morgan fingerprint density at radius 2 is 2.00 bits per heavy atom. The predicted octanol–water partition coefficient (Wildman–Crippen LogP) is 3.81. The number of rotatable bonds is 3. The van der Waals surface area contributed by atoms with E-state index in [-0.39, 0.29) is 11.5 Å². The van der Waals surface area contributed by atoms with Gasteiger partial charge in [0.15, 0.2) is 0 Å². The van der Waals surface area contributed by atoms with Gasteiger partial charge in [0.1, 0.15) is 0 Å². The van der Waals surface area contributed by atoms with Crippen LogP contribution >= 0.6 is 0 Å². The maximum absolute atomic E-state index is 13.1. The summed E-state index contributed by atoms with van der Waals surface area (Å²) in [5.74, 6) is -0.298. The Kier molecular flexibility index (Phi) is 4.55. The summed E-state index contributed by atoms with van der Waals surface area (Å²) in [4.78, 5) is 18.1. The van der Waals surface area contributed by atoms with Gasteiger partial charge in [-0.05, 0) is 42.5 Å². The Morgan fingerprint density at radius 3 is 2.71 bits per heavy atom. The van der Waals surface area contributed by atoms with Crippen LogP contribution in [0.25, 0.3) is 0 Å². The van der Waals surface area contributed by atoms with Crippen molar-refractivity contribution in [1.29, 1.82) is 0 Å². The molecular formula is C18H17F3N2O. The van der Waals surface area contributed by atoms with E-state index >= 15 is 0 Å². The average molecular weight is 334 g/mol. The van der Waals surface area contributed by atoms with E-state index in [2.05, 4.69) is 4.98 Å². The highest BCUT2D eigenvalue weighted by Crippen LogP contribution is 2.33. The van der Waals surface area contributed by atoms with Crippen LogP contribution in [0, 0.1) is 5.92 Å². The molecule has 1 aromatic carbocycles. The number of aromatic nitrogens is 1. The number of hydrogen-bond donors (Lipinski definition) is 0. The lowest BCUT2D eigenvalue weighted by molar-refractivity contribution is -0.138. The molecule has 3 nitrogen and oxygen atoms in total. The van der Waals surface area contributed by atoms with Crippen LogP contribution in [0.5, 0.6) is 0 Å². The molecule has 126 valence electrons. The summed E-state index contributed by atoms with van der Waals surface area (Å²) < 4.78 is 39.2. The van der Waals surface area contributed by atoms with Crippen LogP contribution in [0.15, 0.2) is 48.8 Å². The van der Waals surface area contributed by atoms with Gasteiger partial charge in [0, 0.05) is 25.5 Å². The third-order valence-corrected chi connectivity index (χ3v) is 4.28. The fourth-order valence-electron chi connectivity index (χ4n) is 3.12. The number of halogens is 3. The smallest absolute Gasteiger partial charge is 0.338 e. The molecule has 6 heteroatoms. The topological polar surface area (TPSA) is 33.2 Å². The Labute approximate surface area is 138 Å². The van der Waals surface area contributed by atoms with E-state index in [1.165, 1.54) is 23.1 Å². The van der Waals surface area contributed by atoms with Gasteiger partial charge >= 0.3 is 6.18 Å². The largest absolute Gasteiger partial charge is 0.417 e. The van der Waals surface area contributed by atoms with E-state index < -0.39 is 17.6 Å². The van der Waals surface area contributed by atoms with Crippen molar-refractivity contribution < 1.29 is 18.0 Å². The van der Waals surface area contributed by atoms with Crippen LogP contribution in [0.2, 0.25) is 0 Å². The Bertz CT molecular complexity index is 716. The first-order chi connectivity index (χ1) is 11.4. The van der Waals surface area contributed by atoms with Crippen LogP contribution in [-0.4, -0.2) is 28.9 Å². The summed E-state index contributed by atoms with van der Waals surface area (Å²) in [7, 11) is 0. The standard InChI is InChI=1S/C18H17F3N2O/c19-18(20,21)16-6-2-1-5-15(16)17(24)23-9-7-14(12-23)10-13-4-3-8-22-11-13/h1-6,8,11,14H,7,9-10,12H2. The number of amides is 1. The molecule has 0 N–H and O–H groups in total. The van der Waals surface area contributed by atoms with Crippen molar-refractivity contribution in [2.75, 3.05) is 13.1 Å². The number of nitrogens with zero attached hydrogens (tertiary/aromatic N) is 2. The second-order valence-electron chi connectivity index (χ2n) is 6.01. The molecule has 1 aliphatic rings. The van der Waals surface area contributed by atoms with Crippen molar-refractivity contribution >= 4 is 5.91 Å². The zero-order valence-corrected chi connectivity index (χ0v) is 13.0. The molecule has 0 spiro atoms. The van der Waals surface area contributed by atoms with E-state index in [4.69, 9.17) is 0 Å². The molecular weight excluding hydrogens is 317 g/mol. The summed E-state index contributed by atoms with van der Waals surface area (Å²) >= 11 is 0. The van der Waals surface area contributed by atoms with E-state index in [1.807, 2.05) is 12.1 Å². The van der Waals surface area contributed by atoms with Gasteiger partial charge in [-0.25, -0.2) is 0 Å². The lowest BCUT2D eigenvalue weighted by atomic mass is 10.00. The van der Waals surface area contributed by atoms with E-state index in [0.717, 1.165) is 24.5 Å². The number of likely N-dealkylation sites (tertiary alicyclic amines) is 1. The number of pyridine rings is 1. The van der Waals surface area contributed by atoms with Crippen molar-refractivity contribution in [3.63, 3.8) is 0 Å². The highest BCUT2D eigenvalue weighted by Gasteiger charge is 2.37. The van der Waals surface area contributed by atoms with Crippen molar-refractivity contribution in [3.05, 3.63) is 65.5 Å². The van der Waals surface area contributed by atoms with E-state index in [1.54, 1.807) is 12.4 Å². The van der Waals surface area contributed by atoms with Gasteiger partial charge in [-0.15, -0.1) is 0 Å². The minimum atomic E-state index is -4.53. The van der Waals surface area contributed by atoms with Crippen molar-refractivity contribution in [2.24, 2.45) is 5.92 Å². The highest BCUT2D eigenvalue weighted by molar-refractivity contribution is 5.96. The Hall–Kier alpha value is -2.37. The molecule has 0 aliphatic carbocycles. The van der Waals surface area contributed by atoms with Gasteiger partial charge in [0.25, 0.3) is 5.91 Å². The number of carbonyl (C=O) groups excluding carboxylic acids is 1. The maximum atomic E-state index is 13.1. The summed E-state index contributed by atoms with van der Waals surface area (Å²) in [6.45, 7) is 0.954. The van der Waals surface area contributed by atoms with Gasteiger partial charge in [0.05, 0.1) is 11.1 Å². The van der Waals surface area contributed by atoms with Gasteiger partial charge in [-0.2, -0.15) is 13.2 Å². The molecule has 1 amide bonds. The van der Waals surface area contributed by atoms with Crippen molar-refractivity contribution in [3.8, 4) is 0 Å². The van der Waals surface area contributed by atoms with E-state index in [0.29, 0.717) is 13.1 Å². The summed E-state index contributed by atoms with van der Waals surface area (Å²) in [5.41, 5.74) is -0.0646. The Balaban J connectivity index is 1.71. The molecule has 24 heavy (non-hydrogen) atoms. The minimum absolute atomic E-state index is 0.246.